The van der Waals surface area contributed by atoms with Gasteiger partial charge in [-0.1, -0.05) is 0 Å². The number of hydrogen-bond donors (Lipinski definition) is 0. The van der Waals surface area contributed by atoms with Crippen LogP contribution in [-0.4, -0.2) is 9.97 Å². The number of aryl methyl sites for hydroxylation is 1. The highest BCUT2D eigenvalue weighted by atomic mass is 14.7. The molecule has 0 atom stereocenters. The van der Waals surface area contributed by atoms with Gasteiger partial charge in [0.15, 0.2) is 0 Å². The topological polar surface area (TPSA) is 49.6 Å². The second-order valence-corrected chi connectivity index (χ2v) is 3.07. The average molecular weight is 183 g/mol. The van der Waals surface area contributed by atoms with Crippen molar-refractivity contribution in [2.45, 2.75) is 12.8 Å². The van der Waals surface area contributed by atoms with Gasteiger partial charge in [0.1, 0.15) is 0 Å². The maximum atomic E-state index is 8.46. The molecule has 0 amide bonds. The Balaban J connectivity index is 2.37. The molecular formula is C11H9N3. The van der Waals surface area contributed by atoms with Crippen LogP contribution < -0.4 is 0 Å². The van der Waals surface area contributed by atoms with E-state index in [9.17, 15) is 0 Å². The predicted octanol–water partition coefficient (Wildman–Crippen LogP) is 2.09. The summed E-state index contributed by atoms with van der Waals surface area (Å²) in [5, 5.41) is 9.49. The minimum absolute atomic E-state index is 0.535. The molecular weight excluding hydrogens is 174 g/mol. The van der Waals surface area contributed by atoms with Crippen LogP contribution in [0.15, 0.2) is 30.7 Å². The van der Waals surface area contributed by atoms with Crippen LogP contribution >= 0.6 is 0 Å². The second-order valence-electron chi connectivity index (χ2n) is 3.07. The number of aromatic nitrogens is 2. The molecule has 0 aliphatic carbocycles. The van der Waals surface area contributed by atoms with E-state index in [-0.39, 0.29) is 0 Å². The minimum Gasteiger partial charge on any atom is -0.264 e. The van der Waals surface area contributed by atoms with E-state index in [0.717, 1.165) is 22.9 Å². The van der Waals surface area contributed by atoms with E-state index < -0.39 is 0 Å². The van der Waals surface area contributed by atoms with Crippen LogP contribution in [0.4, 0.5) is 0 Å². The highest BCUT2D eigenvalue weighted by molar-refractivity contribution is 5.77. The van der Waals surface area contributed by atoms with E-state index in [1.54, 1.807) is 12.4 Å². The first-order chi connectivity index (χ1) is 6.90. The lowest BCUT2D eigenvalue weighted by Crippen LogP contribution is -1.87. The van der Waals surface area contributed by atoms with Gasteiger partial charge in [-0.3, -0.25) is 9.97 Å². The van der Waals surface area contributed by atoms with Gasteiger partial charge in [0.05, 0.1) is 11.6 Å². The zero-order valence-corrected chi connectivity index (χ0v) is 7.64. The zero-order valence-electron chi connectivity index (χ0n) is 7.64. The molecule has 2 aromatic rings. The quantitative estimate of drug-likeness (QED) is 0.716. The fourth-order valence-electron chi connectivity index (χ4n) is 1.35. The van der Waals surface area contributed by atoms with Crippen molar-refractivity contribution in [3.05, 3.63) is 36.3 Å². The second kappa shape index (κ2) is 3.84. The first kappa shape index (κ1) is 8.64. The number of nitrogens with zero attached hydrogens (tertiary/aromatic N) is 3. The number of rotatable bonds is 2. The highest BCUT2D eigenvalue weighted by Crippen LogP contribution is 2.12. The van der Waals surface area contributed by atoms with Crippen LogP contribution in [0.2, 0.25) is 0 Å². The van der Waals surface area contributed by atoms with Crippen molar-refractivity contribution in [3.8, 4) is 6.07 Å². The number of nitriles is 1. The Morgan fingerprint density at radius 1 is 1.36 bits per heavy atom. The van der Waals surface area contributed by atoms with Gasteiger partial charge in [-0.15, -0.1) is 0 Å². The normalized spacial score (nSPS) is 9.93. The molecule has 0 aliphatic heterocycles. The molecule has 0 bridgehead atoms. The lowest BCUT2D eigenvalue weighted by Gasteiger charge is -1.99. The van der Waals surface area contributed by atoms with E-state index in [2.05, 4.69) is 16.0 Å². The van der Waals surface area contributed by atoms with Crippen LogP contribution in [0.1, 0.15) is 12.0 Å². The molecule has 2 aromatic heterocycles. The molecule has 0 saturated heterocycles. The molecule has 0 spiro atoms. The number of pyridine rings is 2. The molecule has 14 heavy (non-hydrogen) atoms. The van der Waals surface area contributed by atoms with E-state index in [1.807, 2.05) is 18.3 Å². The van der Waals surface area contributed by atoms with Gasteiger partial charge >= 0.3 is 0 Å². The lowest BCUT2D eigenvalue weighted by atomic mass is 10.1. The summed E-state index contributed by atoms with van der Waals surface area (Å²) in [6, 6.07) is 6.03. The maximum absolute atomic E-state index is 8.46. The molecule has 0 aromatic carbocycles. The third-order valence-corrected chi connectivity index (χ3v) is 2.06. The minimum atomic E-state index is 0.535. The predicted molar refractivity (Wildman–Crippen MR) is 53.5 cm³/mol. The van der Waals surface area contributed by atoms with Crippen LogP contribution in [0.25, 0.3) is 10.9 Å². The van der Waals surface area contributed by atoms with Gasteiger partial charge in [0, 0.05) is 30.4 Å². The van der Waals surface area contributed by atoms with Gasteiger partial charge in [-0.2, -0.15) is 5.26 Å². The summed E-state index contributed by atoms with van der Waals surface area (Å²) in [6.45, 7) is 0. The first-order valence-electron chi connectivity index (χ1n) is 4.46. The molecule has 68 valence electrons. The summed E-state index contributed by atoms with van der Waals surface area (Å²) < 4.78 is 0. The van der Waals surface area contributed by atoms with Gasteiger partial charge in [-0.05, 0) is 24.1 Å². The molecule has 0 fully saturated rings. The van der Waals surface area contributed by atoms with Crippen molar-refractivity contribution in [3.63, 3.8) is 0 Å². The van der Waals surface area contributed by atoms with Gasteiger partial charge in [-0.25, -0.2) is 0 Å². The van der Waals surface area contributed by atoms with Crippen molar-refractivity contribution >= 4 is 10.9 Å². The highest BCUT2D eigenvalue weighted by Gasteiger charge is 1.97. The third-order valence-electron chi connectivity index (χ3n) is 2.06. The van der Waals surface area contributed by atoms with Crippen molar-refractivity contribution in [1.29, 1.82) is 5.26 Å². The Hall–Kier alpha value is -1.95. The number of fused-ring (bicyclic) bond motifs is 1. The molecule has 3 nitrogen and oxygen atoms in total. The molecule has 3 heteroatoms. The summed E-state index contributed by atoms with van der Waals surface area (Å²) in [5.41, 5.74) is 2.03. The fraction of sp³-hybridized carbons (Fsp3) is 0.182. The molecule has 0 saturated carbocycles. The van der Waals surface area contributed by atoms with E-state index in [1.165, 1.54) is 0 Å². The summed E-state index contributed by atoms with van der Waals surface area (Å²) >= 11 is 0. The summed E-state index contributed by atoms with van der Waals surface area (Å²) in [5.74, 6) is 0. The number of hydrogen-bond acceptors (Lipinski definition) is 3. The molecule has 0 unspecified atom stereocenters. The smallest absolute Gasteiger partial charge is 0.0732 e. The monoisotopic (exact) mass is 183 g/mol. The summed E-state index contributed by atoms with van der Waals surface area (Å²) in [6.07, 6.45) is 6.63. The molecule has 2 rings (SSSR count). The van der Waals surface area contributed by atoms with E-state index >= 15 is 0 Å². The Kier molecular flexibility index (Phi) is 2.37. The Bertz CT molecular complexity index is 485. The Morgan fingerprint density at radius 2 is 2.29 bits per heavy atom. The van der Waals surface area contributed by atoms with Crippen LogP contribution in [-0.2, 0) is 6.42 Å². The van der Waals surface area contributed by atoms with Crippen molar-refractivity contribution in [2.24, 2.45) is 0 Å². The first-order valence-corrected chi connectivity index (χ1v) is 4.46. The lowest BCUT2D eigenvalue weighted by molar-refractivity contribution is 1.00. The standard InChI is InChI=1S/C11H9N3/c12-4-1-2-9-6-10-8-13-5-3-11(10)14-7-9/h3,5-8H,1-2H2. The van der Waals surface area contributed by atoms with Gasteiger partial charge < -0.3 is 0 Å². The van der Waals surface area contributed by atoms with Crippen LogP contribution in [0, 0.1) is 11.3 Å². The summed E-state index contributed by atoms with van der Waals surface area (Å²) in [4.78, 5) is 8.31. The summed E-state index contributed by atoms with van der Waals surface area (Å²) in [7, 11) is 0. The average Bonchev–Trinajstić information content (AvgIpc) is 2.26. The van der Waals surface area contributed by atoms with Gasteiger partial charge in [0.25, 0.3) is 0 Å². The van der Waals surface area contributed by atoms with Gasteiger partial charge in [0.2, 0.25) is 0 Å². The molecule has 0 N–H and O–H groups in total. The van der Waals surface area contributed by atoms with Crippen LogP contribution in [0.3, 0.4) is 0 Å². The van der Waals surface area contributed by atoms with E-state index in [0.29, 0.717) is 6.42 Å². The largest absolute Gasteiger partial charge is 0.264 e. The van der Waals surface area contributed by atoms with E-state index in [4.69, 9.17) is 5.26 Å². The Labute approximate surface area is 82.0 Å². The van der Waals surface area contributed by atoms with Crippen molar-refractivity contribution < 1.29 is 0 Å². The molecule has 2 heterocycles. The third kappa shape index (κ3) is 1.69. The Morgan fingerprint density at radius 3 is 3.14 bits per heavy atom. The molecule has 0 aliphatic rings. The fourth-order valence-corrected chi connectivity index (χ4v) is 1.35. The van der Waals surface area contributed by atoms with Crippen LogP contribution in [0.5, 0.6) is 0 Å². The van der Waals surface area contributed by atoms with Crippen molar-refractivity contribution in [2.75, 3.05) is 0 Å². The SMILES string of the molecule is N#CCCc1cnc2ccncc2c1. The molecule has 0 radical (unpaired) electrons. The zero-order chi connectivity index (χ0) is 9.80. The maximum Gasteiger partial charge on any atom is 0.0732 e. The van der Waals surface area contributed by atoms with Crippen molar-refractivity contribution in [1.82, 2.24) is 9.97 Å².